The van der Waals surface area contributed by atoms with E-state index in [-0.39, 0.29) is 30.0 Å². The molecule has 33 heavy (non-hydrogen) atoms. The summed E-state index contributed by atoms with van der Waals surface area (Å²) in [6.07, 6.45) is 3.96. The summed E-state index contributed by atoms with van der Waals surface area (Å²) in [5.74, 6) is -0.151. The zero-order chi connectivity index (χ0) is 23.2. The molecule has 0 atom stereocenters. The van der Waals surface area contributed by atoms with Crippen molar-refractivity contribution in [3.05, 3.63) is 81.6 Å². The van der Waals surface area contributed by atoms with Crippen molar-refractivity contribution in [2.45, 2.75) is 36.6 Å². The van der Waals surface area contributed by atoms with Crippen molar-refractivity contribution in [2.24, 2.45) is 0 Å². The SMILES string of the molecule is CSc1ccccc1CNC(=O)c1csc(C2CCN(C(=O)Cc3ccc(F)cc3)CC2)n1. The van der Waals surface area contributed by atoms with Crippen LogP contribution in [-0.4, -0.2) is 41.0 Å². The molecule has 4 rings (SSSR count). The number of thiazole rings is 1. The molecular weight excluding hydrogens is 457 g/mol. The van der Waals surface area contributed by atoms with Crippen LogP contribution in [0.5, 0.6) is 0 Å². The van der Waals surface area contributed by atoms with Crippen LogP contribution in [0.2, 0.25) is 0 Å². The first kappa shape index (κ1) is 23.4. The van der Waals surface area contributed by atoms with Crippen LogP contribution in [0.4, 0.5) is 4.39 Å². The van der Waals surface area contributed by atoms with E-state index in [9.17, 15) is 14.0 Å². The normalized spacial score (nSPS) is 14.3. The van der Waals surface area contributed by atoms with E-state index in [1.165, 1.54) is 23.5 Å². The summed E-state index contributed by atoms with van der Waals surface area (Å²) in [4.78, 5) is 32.8. The number of benzene rings is 2. The molecule has 0 spiro atoms. The van der Waals surface area contributed by atoms with Crippen molar-refractivity contribution in [2.75, 3.05) is 19.3 Å². The molecule has 1 aliphatic rings. The summed E-state index contributed by atoms with van der Waals surface area (Å²) in [5, 5.41) is 5.74. The second kappa shape index (κ2) is 10.9. The van der Waals surface area contributed by atoms with Crippen LogP contribution < -0.4 is 5.32 Å². The van der Waals surface area contributed by atoms with Crippen LogP contribution in [0.15, 0.2) is 58.8 Å². The molecule has 2 heterocycles. The highest BCUT2D eigenvalue weighted by Crippen LogP contribution is 2.30. The second-order valence-electron chi connectivity index (χ2n) is 8.02. The van der Waals surface area contributed by atoms with Gasteiger partial charge in [-0.3, -0.25) is 9.59 Å². The number of piperidine rings is 1. The molecular formula is C25H26FN3O2S2. The Kier molecular flexibility index (Phi) is 7.77. The largest absolute Gasteiger partial charge is 0.347 e. The van der Waals surface area contributed by atoms with Gasteiger partial charge in [-0.15, -0.1) is 23.1 Å². The Balaban J connectivity index is 1.28. The molecule has 0 unspecified atom stereocenters. The molecule has 0 radical (unpaired) electrons. The minimum Gasteiger partial charge on any atom is -0.347 e. The highest BCUT2D eigenvalue weighted by Gasteiger charge is 2.26. The number of carbonyl (C=O) groups excluding carboxylic acids is 2. The summed E-state index contributed by atoms with van der Waals surface area (Å²) >= 11 is 3.17. The molecule has 0 saturated carbocycles. The van der Waals surface area contributed by atoms with E-state index in [2.05, 4.69) is 10.3 Å². The van der Waals surface area contributed by atoms with E-state index in [1.54, 1.807) is 23.9 Å². The molecule has 1 fully saturated rings. The lowest BCUT2D eigenvalue weighted by molar-refractivity contribution is -0.131. The van der Waals surface area contributed by atoms with Gasteiger partial charge in [0.2, 0.25) is 5.91 Å². The fraction of sp³-hybridized carbons (Fsp3) is 0.320. The Bertz CT molecular complexity index is 1110. The topological polar surface area (TPSA) is 62.3 Å². The van der Waals surface area contributed by atoms with Gasteiger partial charge in [0.1, 0.15) is 11.5 Å². The highest BCUT2D eigenvalue weighted by molar-refractivity contribution is 7.98. The minimum atomic E-state index is -0.298. The van der Waals surface area contributed by atoms with Crippen LogP contribution >= 0.6 is 23.1 Å². The highest BCUT2D eigenvalue weighted by atomic mass is 32.2. The number of amides is 2. The number of nitrogens with zero attached hydrogens (tertiary/aromatic N) is 2. The Hall–Kier alpha value is -2.71. The number of rotatable bonds is 7. The number of likely N-dealkylation sites (tertiary alicyclic amines) is 1. The fourth-order valence-electron chi connectivity index (χ4n) is 3.96. The smallest absolute Gasteiger partial charge is 0.271 e. The molecule has 1 aliphatic heterocycles. The average Bonchev–Trinajstić information content (AvgIpc) is 3.35. The van der Waals surface area contributed by atoms with E-state index in [0.29, 0.717) is 25.3 Å². The van der Waals surface area contributed by atoms with Gasteiger partial charge >= 0.3 is 0 Å². The maximum absolute atomic E-state index is 13.1. The van der Waals surface area contributed by atoms with E-state index in [4.69, 9.17) is 0 Å². The first-order chi connectivity index (χ1) is 16.0. The van der Waals surface area contributed by atoms with Gasteiger partial charge < -0.3 is 10.2 Å². The Labute approximate surface area is 201 Å². The van der Waals surface area contributed by atoms with Crippen molar-refractivity contribution < 1.29 is 14.0 Å². The van der Waals surface area contributed by atoms with Crippen LogP contribution in [0.3, 0.4) is 0 Å². The van der Waals surface area contributed by atoms with Crippen LogP contribution in [-0.2, 0) is 17.8 Å². The minimum absolute atomic E-state index is 0.0600. The first-order valence-corrected chi connectivity index (χ1v) is 13.0. The zero-order valence-electron chi connectivity index (χ0n) is 18.4. The van der Waals surface area contributed by atoms with E-state index in [0.717, 1.165) is 33.9 Å². The summed E-state index contributed by atoms with van der Waals surface area (Å²) in [6.45, 7) is 1.80. The molecule has 2 amide bonds. The summed E-state index contributed by atoms with van der Waals surface area (Å²) < 4.78 is 13.1. The Morgan fingerprint density at radius 3 is 2.61 bits per heavy atom. The molecule has 172 valence electrons. The number of aromatic nitrogens is 1. The zero-order valence-corrected chi connectivity index (χ0v) is 20.1. The molecule has 3 aromatic rings. The second-order valence-corrected chi connectivity index (χ2v) is 9.76. The van der Waals surface area contributed by atoms with Gasteiger partial charge in [0.05, 0.1) is 11.4 Å². The van der Waals surface area contributed by atoms with E-state index < -0.39 is 0 Å². The fourth-order valence-corrected chi connectivity index (χ4v) is 5.55. The number of nitrogens with one attached hydrogen (secondary N) is 1. The summed E-state index contributed by atoms with van der Waals surface area (Å²) in [6, 6.07) is 14.1. The van der Waals surface area contributed by atoms with E-state index in [1.807, 2.05) is 40.8 Å². The average molecular weight is 484 g/mol. The van der Waals surface area contributed by atoms with Crippen LogP contribution in [0.1, 0.15) is 45.4 Å². The molecule has 1 aromatic heterocycles. The van der Waals surface area contributed by atoms with Crippen LogP contribution in [0.25, 0.3) is 0 Å². The number of carbonyl (C=O) groups is 2. The molecule has 8 heteroatoms. The van der Waals surface area contributed by atoms with Crippen molar-refractivity contribution in [1.82, 2.24) is 15.2 Å². The number of hydrogen-bond donors (Lipinski definition) is 1. The van der Waals surface area contributed by atoms with Gasteiger partial charge in [-0.25, -0.2) is 9.37 Å². The third-order valence-corrected chi connectivity index (χ3v) is 7.70. The monoisotopic (exact) mass is 483 g/mol. The van der Waals surface area contributed by atoms with Crippen molar-refractivity contribution in [3.63, 3.8) is 0 Å². The van der Waals surface area contributed by atoms with Crippen molar-refractivity contribution >= 4 is 34.9 Å². The molecule has 5 nitrogen and oxygen atoms in total. The molecule has 2 aromatic carbocycles. The number of halogens is 1. The summed E-state index contributed by atoms with van der Waals surface area (Å²) in [5.41, 5.74) is 2.36. The van der Waals surface area contributed by atoms with Crippen molar-refractivity contribution in [3.8, 4) is 0 Å². The van der Waals surface area contributed by atoms with Gasteiger partial charge in [-0.2, -0.15) is 0 Å². The maximum atomic E-state index is 13.1. The predicted octanol–water partition coefficient (Wildman–Crippen LogP) is 4.88. The molecule has 1 N–H and O–H groups in total. The quantitative estimate of drug-likeness (QED) is 0.487. The molecule has 0 bridgehead atoms. The molecule has 1 saturated heterocycles. The van der Waals surface area contributed by atoms with Gasteiger partial charge in [0.25, 0.3) is 5.91 Å². The van der Waals surface area contributed by atoms with Gasteiger partial charge in [-0.05, 0) is 48.4 Å². The predicted molar refractivity (Wildman–Crippen MR) is 130 cm³/mol. The van der Waals surface area contributed by atoms with E-state index >= 15 is 0 Å². The number of hydrogen-bond acceptors (Lipinski definition) is 5. The van der Waals surface area contributed by atoms with Crippen molar-refractivity contribution in [1.29, 1.82) is 0 Å². The summed E-state index contributed by atoms with van der Waals surface area (Å²) in [7, 11) is 0. The lowest BCUT2D eigenvalue weighted by Crippen LogP contribution is -2.38. The Morgan fingerprint density at radius 2 is 1.88 bits per heavy atom. The molecule has 0 aliphatic carbocycles. The van der Waals surface area contributed by atoms with Crippen LogP contribution in [0, 0.1) is 5.82 Å². The number of thioether (sulfide) groups is 1. The first-order valence-electron chi connectivity index (χ1n) is 10.9. The standard InChI is InChI=1S/C25H26FN3O2S2/c1-32-22-5-3-2-4-19(22)15-27-24(31)21-16-33-25(28-21)18-10-12-29(13-11-18)23(30)14-17-6-8-20(26)9-7-17/h2-9,16,18H,10-15H2,1H3,(H,27,31). The Morgan fingerprint density at radius 1 is 1.15 bits per heavy atom. The lowest BCUT2D eigenvalue weighted by atomic mass is 9.97. The maximum Gasteiger partial charge on any atom is 0.271 e. The van der Waals surface area contributed by atoms with Gasteiger partial charge in [-0.1, -0.05) is 30.3 Å². The third kappa shape index (κ3) is 6.00. The third-order valence-electron chi connectivity index (χ3n) is 5.85. The van der Waals surface area contributed by atoms with Gasteiger partial charge in [0, 0.05) is 35.8 Å². The van der Waals surface area contributed by atoms with Gasteiger partial charge in [0.15, 0.2) is 0 Å². The lowest BCUT2D eigenvalue weighted by Gasteiger charge is -2.31.